The maximum Gasteiger partial charge on any atom is 0.338 e. The first kappa shape index (κ1) is 20.0. The van der Waals surface area contributed by atoms with Crippen LogP contribution in [0.15, 0.2) is 65.6 Å². The summed E-state index contributed by atoms with van der Waals surface area (Å²) >= 11 is 0. The average molecular weight is 394 g/mol. The second-order valence-electron chi connectivity index (χ2n) is 6.17. The lowest BCUT2D eigenvalue weighted by atomic mass is 9.82. The number of methoxy groups -OCH3 is 1. The molecule has 3 rings (SSSR count). The summed E-state index contributed by atoms with van der Waals surface area (Å²) < 4.78 is 30.0. The number of carbonyl (C=O) groups excluding carboxylic acids is 1. The van der Waals surface area contributed by atoms with E-state index < -0.39 is 17.7 Å². The van der Waals surface area contributed by atoms with Gasteiger partial charge in [0.25, 0.3) is 0 Å². The quantitative estimate of drug-likeness (QED) is 0.779. The number of rotatable bonds is 5. The van der Waals surface area contributed by atoms with Crippen LogP contribution in [0.25, 0.3) is 5.76 Å². The van der Waals surface area contributed by atoms with Gasteiger partial charge in [0, 0.05) is 5.56 Å². The van der Waals surface area contributed by atoms with Crippen molar-refractivity contribution in [1.29, 1.82) is 5.26 Å². The van der Waals surface area contributed by atoms with E-state index in [2.05, 4.69) is 0 Å². The number of nitrogens with two attached hydrogens (primary N) is 1. The molecule has 0 aliphatic carbocycles. The molecule has 29 heavy (non-hydrogen) atoms. The molecule has 0 radical (unpaired) electrons. The van der Waals surface area contributed by atoms with Gasteiger partial charge in [0.15, 0.2) is 0 Å². The number of nitrogens with zero attached hydrogens (tertiary/aromatic N) is 1. The zero-order valence-corrected chi connectivity index (χ0v) is 15.9. The van der Waals surface area contributed by atoms with Crippen molar-refractivity contribution in [3.8, 4) is 11.8 Å². The lowest BCUT2D eigenvalue weighted by Gasteiger charge is -2.28. The van der Waals surface area contributed by atoms with Crippen molar-refractivity contribution < 1.29 is 23.4 Å². The number of hydrogen-bond donors (Lipinski definition) is 1. The Hall–Kier alpha value is -3.79. The van der Waals surface area contributed by atoms with Gasteiger partial charge in [0.2, 0.25) is 5.88 Å². The minimum Gasteiger partial charge on any atom is -0.497 e. The SMILES string of the molecule is CCOC(=O)C1=C(c2ccc(OC)cc2)OC(N)=C(C#N)[C@@H]1c1cccc(F)c1. The molecule has 0 saturated carbocycles. The first-order chi connectivity index (χ1) is 14.0. The summed E-state index contributed by atoms with van der Waals surface area (Å²) in [7, 11) is 1.54. The van der Waals surface area contributed by atoms with Crippen molar-refractivity contribution in [2.75, 3.05) is 13.7 Å². The monoisotopic (exact) mass is 394 g/mol. The van der Waals surface area contributed by atoms with E-state index in [4.69, 9.17) is 19.9 Å². The number of nitriles is 1. The fraction of sp³-hybridized carbons (Fsp3) is 0.182. The van der Waals surface area contributed by atoms with E-state index in [1.54, 1.807) is 37.3 Å². The number of carbonyl (C=O) groups is 1. The molecule has 0 fully saturated rings. The Morgan fingerprint density at radius 3 is 2.59 bits per heavy atom. The fourth-order valence-electron chi connectivity index (χ4n) is 3.15. The number of ether oxygens (including phenoxy) is 3. The highest BCUT2D eigenvalue weighted by Crippen LogP contribution is 2.43. The molecular formula is C22H19FN2O4. The normalized spacial score (nSPS) is 16.1. The summed E-state index contributed by atoms with van der Waals surface area (Å²) in [6.45, 7) is 1.79. The van der Waals surface area contributed by atoms with Gasteiger partial charge in [-0.2, -0.15) is 5.26 Å². The van der Waals surface area contributed by atoms with Crippen LogP contribution in [0.3, 0.4) is 0 Å². The third-order valence-electron chi connectivity index (χ3n) is 4.45. The van der Waals surface area contributed by atoms with E-state index >= 15 is 0 Å². The maximum atomic E-state index is 13.9. The van der Waals surface area contributed by atoms with Gasteiger partial charge in [-0.15, -0.1) is 0 Å². The number of halogens is 1. The van der Waals surface area contributed by atoms with Gasteiger partial charge in [-0.05, 0) is 48.9 Å². The predicted molar refractivity (Wildman–Crippen MR) is 104 cm³/mol. The summed E-state index contributed by atoms with van der Waals surface area (Å²) in [4.78, 5) is 12.9. The van der Waals surface area contributed by atoms with Gasteiger partial charge < -0.3 is 19.9 Å². The predicted octanol–water partition coefficient (Wildman–Crippen LogP) is 3.62. The molecular weight excluding hydrogens is 375 g/mol. The molecule has 1 aliphatic rings. The topological polar surface area (TPSA) is 94.6 Å². The Morgan fingerprint density at radius 2 is 2.00 bits per heavy atom. The largest absolute Gasteiger partial charge is 0.497 e. The Kier molecular flexibility index (Phi) is 5.84. The average Bonchev–Trinajstić information content (AvgIpc) is 2.73. The Morgan fingerprint density at radius 1 is 1.28 bits per heavy atom. The highest BCUT2D eigenvalue weighted by molar-refractivity contribution is 5.99. The number of allylic oxidation sites excluding steroid dienone is 1. The van der Waals surface area contributed by atoms with Crippen molar-refractivity contribution in [2.24, 2.45) is 5.73 Å². The molecule has 0 amide bonds. The van der Waals surface area contributed by atoms with Gasteiger partial charge in [-0.25, -0.2) is 9.18 Å². The van der Waals surface area contributed by atoms with Crippen LogP contribution in [0, 0.1) is 17.1 Å². The number of esters is 1. The van der Waals surface area contributed by atoms with E-state index in [9.17, 15) is 14.4 Å². The minimum absolute atomic E-state index is 0.0101. The second-order valence-corrected chi connectivity index (χ2v) is 6.17. The lowest BCUT2D eigenvalue weighted by Crippen LogP contribution is -2.26. The van der Waals surface area contributed by atoms with Gasteiger partial charge in [0.05, 0.1) is 25.2 Å². The Labute approximate surface area is 167 Å². The van der Waals surface area contributed by atoms with Gasteiger partial charge in [-0.3, -0.25) is 0 Å². The van der Waals surface area contributed by atoms with Crippen molar-refractivity contribution in [2.45, 2.75) is 12.8 Å². The van der Waals surface area contributed by atoms with Crippen LogP contribution >= 0.6 is 0 Å². The van der Waals surface area contributed by atoms with Crippen molar-refractivity contribution in [3.63, 3.8) is 0 Å². The molecule has 1 atom stereocenters. The van der Waals surface area contributed by atoms with Crippen LogP contribution in [0.4, 0.5) is 4.39 Å². The van der Waals surface area contributed by atoms with E-state index in [-0.39, 0.29) is 29.4 Å². The van der Waals surface area contributed by atoms with E-state index in [1.165, 1.54) is 25.3 Å². The summed E-state index contributed by atoms with van der Waals surface area (Å²) in [5.74, 6) is -1.49. The molecule has 2 aromatic rings. The van der Waals surface area contributed by atoms with E-state index in [0.717, 1.165) is 0 Å². The molecule has 2 aromatic carbocycles. The minimum atomic E-state index is -0.930. The van der Waals surface area contributed by atoms with Gasteiger partial charge in [-0.1, -0.05) is 12.1 Å². The van der Waals surface area contributed by atoms with Crippen LogP contribution in [0.5, 0.6) is 5.75 Å². The third-order valence-corrected chi connectivity index (χ3v) is 4.45. The highest BCUT2D eigenvalue weighted by Gasteiger charge is 2.38. The smallest absolute Gasteiger partial charge is 0.338 e. The fourth-order valence-corrected chi connectivity index (χ4v) is 3.15. The summed E-state index contributed by atoms with van der Waals surface area (Å²) in [6, 6.07) is 14.4. The molecule has 1 aliphatic heterocycles. The molecule has 0 spiro atoms. The van der Waals surface area contributed by atoms with Gasteiger partial charge in [0.1, 0.15) is 29.0 Å². The maximum absolute atomic E-state index is 13.9. The summed E-state index contributed by atoms with van der Waals surface area (Å²) in [5.41, 5.74) is 7.02. The summed E-state index contributed by atoms with van der Waals surface area (Å²) in [6.07, 6.45) is 0. The molecule has 2 N–H and O–H groups in total. The first-order valence-electron chi connectivity index (χ1n) is 8.88. The van der Waals surface area contributed by atoms with Crippen LogP contribution in [0.1, 0.15) is 24.0 Å². The van der Waals surface area contributed by atoms with Crippen molar-refractivity contribution in [3.05, 3.63) is 82.5 Å². The summed E-state index contributed by atoms with van der Waals surface area (Å²) in [5, 5.41) is 9.66. The molecule has 148 valence electrons. The molecule has 0 bridgehead atoms. The Bertz CT molecular complexity index is 1040. The Balaban J connectivity index is 2.26. The molecule has 0 saturated heterocycles. The molecule has 0 aromatic heterocycles. The van der Waals surface area contributed by atoms with Crippen LogP contribution in [-0.2, 0) is 14.3 Å². The van der Waals surface area contributed by atoms with Gasteiger partial charge >= 0.3 is 5.97 Å². The van der Waals surface area contributed by atoms with Crippen LogP contribution in [0.2, 0.25) is 0 Å². The molecule has 0 unspecified atom stereocenters. The van der Waals surface area contributed by atoms with Crippen LogP contribution < -0.4 is 10.5 Å². The van der Waals surface area contributed by atoms with Crippen LogP contribution in [-0.4, -0.2) is 19.7 Å². The lowest BCUT2D eigenvalue weighted by molar-refractivity contribution is -0.138. The highest BCUT2D eigenvalue weighted by atomic mass is 19.1. The van der Waals surface area contributed by atoms with E-state index in [1.807, 2.05) is 6.07 Å². The number of hydrogen-bond acceptors (Lipinski definition) is 6. The number of benzene rings is 2. The second kappa shape index (κ2) is 8.48. The third kappa shape index (κ3) is 3.92. The zero-order chi connectivity index (χ0) is 21.0. The van der Waals surface area contributed by atoms with E-state index in [0.29, 0.717) is 16.9 Å². The molecule has 1 heterocycles. The zero-order valence-electron chi connectivity index (χ0n) is 15.9. The standard InChI is InChI=1S/C22H19FN2O4/c1-3-28-22(26)19-18(14-5-4-6-15(23)11-14)17(12-24)21(25)29-20(19)13-7-9-16(27-2)10-8-13/h4-11,18H,3,25H2,1-2H3/t18-/m0/s1. The van der Waals surface area contributed by atoms with Crippen molar-refractivity contribution >= 4 is 11.7 Å². The first-order valence-corrected chi connectivity index (χ1v) is 8.88. The molecule has 7 heteroatoms. The van der Waals surface area contributed by atoms with Crippen molar-refractivity contribution in [1.82, 2.24) is 0 Å². The molecule has 6 nitrogen and oxygen atoms in total.